The van der Waals surface area contributed by atoms with Gasteiger partial charge in [0.05, 0.1) is 10.8 Å². The van der Waals surface area contributed by atoms with Gasteiger partial charge in [-0.05, 0) is 30.8 Å². The molecule has 1 heterocycles. The summed E-state index contributed by atoms with van der Waals surface area (Å²) in [6.07, 6.45) is 0.640. The molecule has 1 N–H and O–H groups in total. The average molecular weight is 230 g/mol. The van der Waals surface area contributed by atoms with Crippen molar-refractivity contribution in [2.24, 2.45) is 4.99 Å². The monoisotopic (exact) mass is 230 g/mol. The summed E-state index contributed by atoms with van der Waals surface area (Å²) in [5.41, 5.74) is 1.86. The molecule has 80 valence electrons. The lowest BCUT2D eigenvalue weighted by Gasteiger charge is -2.00. The van der Waals surface area contributed by atoms with Gasteiger partial charge in [0.25, 0.3) is 0 Å². The SMILES string of the molecule is Cc1nc(Cc2ccccc2N=C=S)n[nH]1. The number of nitrogens with zero attached hydrogens (tertiary/aromatic N) is 3. The number of benzene rings is 1. The van der Waals surface area contributed by atoms with Crippen LogP contribution in [0.2, 0.25) is 0 Å². The number of rotatable bonds is 3. The molecule has 0 unspecified atom stereocenters. The van der Waals surface area contributed by atoms with Crippen LogP contribution < -0.4 is 0 Å². The van der Waals surface area contributed by atoms with Crippen molar-refractivity contribution in [3.8, 4) is 0 Å². The standard InChI is InChI=1S/C11H10N4S/c1-8-13-11(15-14-8)6-9-4-2-3-5-10(9)12-7-16/h2-5H,6H2,1H3,(H,13,14,15). The molecule has 0 amide bonds. The second-order valence-corrected chi connectivity index (χ2v) is 3.53. The van der Waals surface area contributed by atoms with E-state index < -0.39 is 0 Å². The number of H-pyrrole nitrogens is 1. The Hall–Kier alpha value is -1.84. The molecular weight excluding hydrogens is 220 g/mol. The van der Waals surface area contributed by atoms with E-state index in [9.17, 15) is 0 Å². The highest BCUT2D eigenvalue weighted by Gasteiger charge is 2.05. The maximum Gasteiger partial charge on any atom is 0.155 e. The largest absolute Gasteiger partial charge is 0.263 e. The van der Waals surface area contributed by atoms with E-state index in [1.165, 1.54) is 0 Å². The van der Waals surface area contributed by atoms with E-state index in [-0.39, 0.29) is 0 Å². The van der Waals surface area contributed by atoms with E-state index >= 15 is 0 Å². The van der Waals surface area contributed by atoms with Crippen molar-refractivity contribution in [1.29, 1.82) is 0 Å². The molecule has 2 rings (SSSR count). The minimum atomic E-state index is 0.640. The third-order valence-corrected chi connectivity index (χ3v) is 2.24. The van der Waals surface area contributed by atoms with Crippen molar-refractivity contribution in [3.05, 3.63) is 41.5 Å². The highest BCUT2D eigenvalue weighted by molar-refractivity contribution is 7.78. The number of aliphatic imine (C=N–C) groups is 1. The highest BCUT2D eigenvalue weighted by atomic mass is 32.1. The van der Waals surface area contributed by atoms with Gasteiger partial charge in [-0.2, -0.15) is 10.1 Å². The van der Waals surface area contributed by atoms with Crippen LogP contribution in [0.25, 0.3) is 0 Å². The van der Waals surface area contributed by atoms with Gasteiger partial charge in [-0.25, -0.2) is 4.98 Å². The number of aromatic amines is 1. The number of hydrogen-bond acceptors (Lipinski definition) is 4. The predicted molar refractivity (Wildman–Crippen MR) is 65.1 cm³/mol. The third-order valence-electron chi connectivity index (χ3n) is 2.15. The second-order valence-electron chi connectivity index (χ2n) is 3.35. The van der Waals surface area contributed by atoms with Crippen LogP contribution in [-0.4, -0.2) is 20.3 Å². The van der Waals surface area contributed by atoms with Gasteiger partial charge in [-0.15, -0.1) is 0 Å². The zero-order chi connectivity index (χ0) is 11.4. The molecule has 1 aromatic carbocycles. The summed E-state index contributed by atoms with van der Waals surface area (Å²) < 4.78 is 0. The fraction of sp³-hybridized carbons (Fsp3) is 0.182. The summed E-state index contributed by atoms with van der Waals surface area (Å²) in [5, 5.41) is 9.28. The van der Waals surface area contributed by atoms with E-state index in [1.807, 2.05) is 31.2 Å². The molecule has 0 fully saturated rings. The molecule has 0 aliphatic carbocycles. The molecule has 4 nitrogen and oxygen atoms in total. The van der Waals surface area contributed by atoms with Gasteiger partial charge < -0.3 is 0 Å². The Morgan fingerprint density at radius 3 is 2.94 bits per heavy atom. The highest BCUT2D eigenvalue weighted by Crippen LogP contribution is 2.20. The van der Waals surface area contributed by atoms with Crippen molar-refractivity contribution >= 4 is 23.1 Å². The minimum Gasteiger partial charge on any atom is -0.263 e. The minimum absolute atomic E-state index is 0.640. The molecule has 0 spiro atoms. The fourth-order valence-electron chi connectivity index (χ4n) is 1.46. The van der Waals surface area contributed by atoms with Crippen LogP contribution in [0.15, 0.2) is 29.3 Å². The molecule has 0 saturated carbocycles. The molecule has 0 radical (unpaired) electrons. The molecule has 5 heteroatoms. The van der Waals surface area contributed by atoms with Crippen molar-refractivity contribution < 1.29 is 0 Å². The Kier molecular flexibility index (Phi) is 3.19. The summed E-state index contributed by atoms with van der Waals surface area (Å²) >= 11 is 4.61. The second kappa shape index (κ2) is 4.79. The van der Waals surface area contributed by atoms with Gasteiger partial charge in [0, 0.05) is 6.42 Å². The van der Waals surface area contributed by atoms with Crippen LogP contribution in [0, 0.1) is 6.92 Å². The summed E-state index contributed by atoms with van der Waals surface area (Å²) in [5.74, 6) is 1.57. The first-order valence-corrected chi connectivity index (χ1v) is 5.24. The Morgan fingerprint density at radius 2 is 2.25 bits per heavy atom. The maximum absolute atomic E-state index is 4.61. The Bertz CT molecular complexity index is 540. The first-order valence-electron chi connectivity index (χ1n) is 4.83. The van der Waals surface area contributed by atoms with Crippen LogP contribution in [0.3, 0.4) is 0 Å². The first kappa shape index (κ1) is 10.7. The molecule has 0 atom stereocenters. The summed E-state index contributed by atoms with van der Waals surface area (Å²) in [7, 11) is 0. The summed E-state index contributed by atoms with van der Waals surface area (Å²) in [6.45, 7) is 1.87. The fourth-order valence-corrected chi connectivity index (χ4v) is 1.56. The third kappa shape index (κ3) is 2.39. The Morgan fingerprint density at radius 1 is 1.44 bits per heavy atom. The van der Waals surface area contributed by atoms with E-state index in [0.29, 0.717) is 6.42 Å². The maximum atomic E-state index is 4.61. The van der Waals surface area contributed by atoms with Gasteiger partial charge in [0.1, 0.15) is 5.82 Å². The van der Waals surface area contributed by atoms with Crippen LogP contribution in [0.1, 0.15) is 17.2 Å². The number of para-hydroxylation sites is 1. The van der Waals surface area contributed by atoms with Crippen LogP contribution in [-0.2, 0) is 6.42 Å². The van der Waals surface area contributed by atoms with Crippen LogP contribution in [0.5, 0.6) is 0 Å². The van der Waals surface area contributed by atoms with Gasteiger partial charge in [0.2, 0.25) is 0 Å². The lowest BCUT2D eigenvalue weighted by atomic mass is 10.1. The van der Waals surface area contributed by atoms with Crippen molar-refractivity contribution in [1.82, 2.24) is 15.2 Å². The molecule has 0 aliphatic heterocycles. The van der Waals surface area contributed by atoms with Crippen LogP contribution >= 0.6 is 12.2 Å². The van der Waals surface area contributed by atoms with Gasteiger partial charge >= 0.3 is 0 Å². The van der Waals surface area contributed by atoms with Crippen molar-refractivity contribution in [2.45, 2.75) is 13.3 Å². The van der Waals surface area contributed by atoms with Crippen LogP contribution in [0.4, 0.5) is 5.69 Å². The normalized spacial score (nSPS) is 9.81. The molecule has 2 aromatic rings. The first-order chi connectivity index (χ1) is 7.79. The van der Waals surface area contributed by atoms with Crippen molar-refractivity contribution in [3.63, 3.8) is 0 Å². The number of isothiocyanates is 1. The Balaban J connectivity index is 2.30. The van der Waals surface area contributed by atoms with E-state index in [1.54, 1.807) is 0 Å². The number of thiocarbonyl (C=S) groups is 1. The quantitative estimate of drug-likeness (QED) is 0.651. The van der Waals surface area contributed by atoms with E-state index in [2.05, 4.69) is 37.6 Å². The van der Waals surface area contributed by atoms with E-state index in [0.717, 1.165) is 22.9 Å². The predicted octanol–water partition coefficient (Wildman–Crippen LogP) is 2.44. The number of aromatic nitrogens is 3. The van der Waals surface area contributed by atoms with E-state index in [4.69, 9.17) is 0 Å². The number of aryl methyl sites for hydroxylation is 1. The molecule has 0 bridgehead atoms. The Labute approximate surface area is 98.5 Å². The molecule has 16 heavy (non-hydrogen) atoms. The lowest BCUT2D eigenvalue weighted by molar-refractivity contribution is 0.969. The zero-order valence-corrected chi connectivity index (χ0v) is 9.58. The smallest absolute Gasteiger partial charge is 0.155 e. The molecular formula is C11H10N4S. The lowest BCUT2D eigenvalue weighted by Crippen LogP contribution is -1.91. The zero-order valence-electron chi connectivity index (χ0n) is 8.77. The topological polar surface area (TPSA) is 53.9 Å². The molecule has 0 saturated heterocycles. The summed E-state index contributed by atoms with van der Waals surface area (Å²) in [6, 6.07) is 7.75. The van der Waals surface area contributed by atoms with Gasteiger partial charge in [-0.1, -0.05) is 18.2 Å². The molecule has 1 aromatic heterocycles. The van der Waals surface area contributed by atoms with Gasteiger partial charge in [0.15, 0.2) is 5.82 Å². The summed E-state index contributed by atoms with van der Waals surface area (Å²) in [4.78, 5) is 8.26. The average Bonchev–Trinajstić information content (AvgIpc) is 2.67. The van der Waals surface area contributed by atoms with Gasteiger partial charge in [-0.3, -0.25) is 5.10 Å². The number of hydrogen-bond donors (Lipinski definition) is 1. The number of nitrogens with one attached hydrogen (secondary N) is 1. The van der Waals surface area contributed by atoms with Crippen molar-refractivity contribution in [2.75, 3.05) is 0 Å². The molecule has 0 aliphatic rings.